The summed E-state index contributed by atoms with van der Waals surface area (Å²) in [5, 5.41) is 0. The maximum absolute atomic E-state index is 12.7. The predicted molar refractivity (Wildman–Crippen MR) is 46.2 cm³/mol. The smallest absolute Gasteiger partial charge is 0.298 e. The van der Waals surface area contributed by atoms with Gasteiger partial charge in [-0.2, -0.15) is 4.39 Å². The van der Waals surface area contributed by atoms with E-state index in [-0.39, 0.29) is 0 Å². The molecule has 1 heterocycles. The molecule has 0 amide bonds. The number of nitrogens with one attached hydrogen (secondary N) is 1. The number of unbranched alkanes of at least 4 members (excludes halogenated alkanes) is 1. The third-order valence-electron chi connectivity index (χ3n) is 1.72. The van der Waals surface area contributed by atoms with Gasteiger partial charge < -0.3 is 0 Å². The number of nitrogens with zero attached hydrogens (tertiary/aromatic N) is 1. The number of hydrogen-bond acceptors (Lipinski definition) is 2. The fourth-order valence-corrected chi connectivity index (χ4v) is 0.977. The summed E-state index contributed by atoms with van der Waals surface area (Å²) in [6.45, 7) is 2.40. The zero-order valence-corrected chi connectivity index (χ0v) is 7.34. The van der Waals surface area contributed by atoms with Crippen molar-refractivity contribution in [3.8, 4) is 0 Å². The molecule has 72 valence electrons. The topological polar surface area (TPSA) is 54.9 Å². The molecule has 0 fully saturated rings. The zero-order chi connectivity index (χ0) is 9.84. The van der Waals surface area contributed by atoms with Crippen LogP contribution < -0.4 is 11.2 Å². The van der Waals surface area contributed by atoms with E-state index in [2.05, 4.69) is 0 Å². The van der Waals surface area contributed by atoms with E-state index in [1.54, 1.807) is 0 Å². The van der Waals surface area contributed by atoms with Crippen LogP contribution in [0, 0.1) is 5.82 Å². The molecule has 1 aromatic heterocycles. The Kier molecular flexibility index (Phi) is 3.00. The first-order valence-corrected chi connectivity index (χ1v) is 4.14. The van der Waals surface area contributed by atoms with Gasteiger partial charge in [0.15, 0.2) is 0 Å². The number of aromatic amines is 1. The summed E-state index contributed by atoms with van der Waals surface area (Å²) in [7, 11) is 0. The van der Waals surface area contributed by atoms with Crippen molar-refractivity contribution in [2.45, 2.75) is 26.3 Å². The van der Waals surface area contributed by atoms with Gasteiger partial charge in [0.05, 0.1) is 6.20 Å². The van der Waals surface area contributed by atoms with Crippen LogP contribution in [0.1, 0.15) is 19.8 Å². The van der Waals surface area contributed by atoms with Gasteiger partial charge in [0, 0.05) is 6.54 Å². The lowest BCUT2D eigenvalue weighted by Crippen LogP contribution is -2.31. The second kappa shape index (κ2) is 4.02. The van der Waals surface area contributed by atoms with Crippen LogP contribution in [0.25, 0.3) is 0 Å². The molecule has 0 aliphatic heterocycles. The van der Waals surface area contributed by atoms with E-state index in [0.29, 0.717) is 6.54 Å². The Morgan fingerprint density at radius 3 is 2.85 bits per heavy atom. The van der Waals surface area contributed by atoms with Gasteiger partial charge in [-0.05, 0) is 6.42 Å². The van der Waals surface area contributed by atoms with Crippen LogP contribution in [0.2, 0.25) is 0 Å². The molecular formula is C8H11FN2O2. The van der Waals surface area contributed by atoms with Gasteiger partial charge in [0.25, 0.3) is 5.56 Å². The summed E-state index contributed by atoms with van der Waals surface area (Å²) in [5.41, 5.74) is -1.52. The summed E-state index contributed by atoms with van der Waals surface area (Å²) in [5.74, 6) is -0.921. The first-order valence-electron chi connectivity index (χ1n) is 4.14. The molecule has 0 bridgehead atoms. The largest absolute Gasteiger partial charge is 0.328 e. The summed E-state index contributed by atoms with van der Waals surface area (Å²) >= 11 is 0. The molecule has 0 saturated carbocycles. The van der Waals surface area contributed by atoms with Gasteiger partial charge >= 0.3 is 5.69 Å². The van der Waals surface area contributed by atoms with Crippen molar-refractivity contribution in [1.82, 2.24) is 9.55 Å². The van der Waals surface area contributed by atoms with E-state index in [1.165, 1.54) is 4.57 Å². The van der Waals surface area contributed by atoms with Crippen molar-refractivity contribution in [2.75, 3.05) is 0 Å². The average Bonchev–Trinajstić information content (AvgIpc) is 2.09. The van der Waals surface area contributed by atoms with Gasteiger partial charge in [-0.25, -0.2) is 4.79 Å². The Hall–Kier alpha value is -1.39. The molecular weight excluding hydrogens is 175 g/mol. The third-order valence-corrected chi connectivity index (χ3v) is 1.72. The monoisotopic (exact) mass is 186 g/mol. The molecule has 4 nitrogen and oxygen atoms in total. The molecule has 1 N–H and O–H groups in total. The Morgan fingerprint density at radius 2 is 2.23 bits per heavy atom. The fraction of sp³-hybridized carbons (Fsp3) is 0.500. The number of hydrogen-bond donors (Lipinski definition) is 1. The fourth-order valence-electron chi connectivity index (χ4n) is 0.977. The van der Waals surface area contributed by atoms with Crippen LogP contribution >= 0.6 is 0 Å². The van der Waals surface area contributed by atoms with Crippen LogP contribution in [0.5, 0.6) is 0 Å². The van der Waals surface area contributed by atoms with Crippen LogP contribution in [0.3, 0.4) is 0 Å². The molecule has 0 radical (unpaired) electrons. The average molecular weight is 186 g/mol. The van der Waals surface area contributed by atoms with Gasteiger partial charge in [-0.1, -0.05) is 13.3 Å². The SMILES string of the molecule is CCCCn1cc(F)c(=O)[nH]c1=O. The summed E-state index contributed by atoms with van der Waals surface area (Å²) < 4.78 is 13.8. The minimum Gasteiger partial charge on any atom is -0.298 e. The lowest BCUT2D eigenvalue weighted by Gasteiger charge is -2.02. The first kappa shape index (κ1) is 9.70. The van der Waals surface area contributed by atoms with Crippen molar-refractivity contribution in [3.05, 3.63) is 32.9 Å². The molecule has 0 unspecified atom stereocenters. The summed E-state index contributed by atoms with van der Waals surface area (Å²) in [4.78, 5) is 23.6. The van der Waals surface area contributed by atoms with Crippen molar-refractivity contribution >= 4 is 0 Å². The van der Waals surface area contributed by atoms with Crippen LogP contribution in [-0.4, -0.2) is 9.55 Å². The summed E-state index contributed by atoms with van der Waals surface area (Å²) in [6, 6.07) is 0. The van der Waals surface area contributed by atoms with E-state index < -0.39 is 17.1 Å². The van der Waals surface area contributed by atoms with Gasteiger partial charge in [0.2, 0.25) is 5.82 Å². The summed E-state index contributed by atoms with van der Waals surface area (Å²) in [6.07, 6.45) is 2.63. The Balaban J connectivity index is 3.02. The number of rotatable bonds is 3. The molecule has 1 aromatic rings. The molecule has 5 heteroatoms. The number of aryl methyl sites for hydroxylation is 1. The highest BCUT2D eigenvalue weighted by atomic mass is 19.1. The minimum absolute atomic E-state index is 0.434. The van der Waals surface area contributed by atoms with E-state index in [0.717, 1.165) is 19.0 Å². The van der Waals surface area contributed by atoms with E-state index in [4.69, 9.17) is 0 Å². The van der Waals surface area contributed by atoms with E-state index >= 15 is 0 Å². The van der Waals surface area contributed by atoms with Gasteiger partial charge in [-0.15, -0.1) is 0 Å². The lowest BCUT2D eigenvalue weighted by atomic mass is 10.3. The van der Waals surface area contributed by atoms with Crippen molar-refractivity contribution in [3.63, 3.8) is 0 Å². The van der Waals surface area contributed by atoms with Crippen molar-refractivity contribution in [2.24, 2.45) is 0 Å². The first-order chi connectivity index (χ1) is 6.15. The maximum atomic E-state index is 12.7. The van der Waals surface area contributed by atoms with Crippen LogP contribution in [0.15, 0.2) is 15.8 Å². The lowest BCUT2D eigenvalue weighted by molar-refractivity contribution is 0.535. The molecule has 1 rings (SSSR count). The zero-order valence-electron chi connectivity index (χ0n) is 7.34. The standard InChI is InChI=1S/C8H11FN2O2/c1-2-3-4-11-5-6(9)7(12)10-8(11)13/h5H,2-4H2,1H3,(H,10,12,13). The normalized spacial score (nSPS) is 10.3. The Bertz CT molecular complexity index is 394. The highest BCUT2D eigenvalue weighted by Gasteiger charge is 2.01. The molecule has 0 aliphatic rings. The second-order valence-corrected chi connectivity index (χ2v) is 2.78. The quantitative estimate of drug-likeness (QED) is 0.746. The maximum Gasteiger partial charge on any atom is 0.328 e. The van der Waals surface area contributed by atoms with Crippen molar-refractivity contribution < 1.29 is 4.39 Å². The van der Waals surface area contributed by atoms with Crippen LogP contribution in [0.4, 0.5) is 4.39 Å². The molecule has 0 atom stereocenters. The number of aromatic nitrogens is 2. The predicted octanol–water partition coefficient (Wildman–Crippen LogP) is 0.476. The highest BCUT2D eigenvalue weighted by Crippen LogP contribution is 1.91. The molecule has 0 saturated heterocycles. The van der Waals surface area contributed by atoms with E-state index in [1.807, 2.05) is 11.9 Å². The molecule has 0 aromatic carbocycles. The minimum atomic E-state index is -0.960. The van der Waals surface area contributed by atoms with Crippen molar-refractivity contribution in [1.29, 1.82) is 0 Å². The Labute approximate surface area is 74.0 Å². The highest BCUT2D eigenvalue weighted by molar-refractivity contribution is 4.86. The third kappa shape index (κ3) is 2.27. The second-order valence-electron chi connectivity index (χ2n) is 2.78. The van der Waals surface area contributed by atoms with Crippen LogP contribution in [-0.2, 0) is 6.54 Å². The molecule has 0 aliphatic carbocycles. The van der Waals surface area contributed by atoms with E-state index in [9.17, 15) is 14.0 Å². The Morgan fingerprint density at radius 1 is 1.54 bits per heavy atom. The number of H-pyrrole nitrogens is 1. The number of halogens is 1. The molecule has 0 spiro atoms. The van der Waals surface area contributed by atoms with Gasteiger partial charge in [0.1, 0.15) is 0 Å². The molecule has 13 heavy (non-hydrogen) atoms. The van der Waals surface area contributed by atoms with Gasteiger partial charge in [-0.3, -0.25) is 14.3 Å².